The van der Waals surface area contributed by atoms with E-state index in [9.17, 15) is 23.7 Å². The number of hydrogen-bond acceptors (Lipinski definition) is 3. The summed E-state index contributed by atoms with van der Waals surface area (Å²) in [5.41, 5.74) is -1.80. The van der Waals surface area contributed by atoms with Crippen LogP contribution in [0, 0.1) is 27.2 Å². The molecule has 7 heteroatoms. The first kappa shape index (κ1) is 15.3. The van der Waals surface area contributed by atoms with Crippen molar-refractivity contribution >= 4 is 11.6 Å². The van der Waals surface area contributed by atoms with Gasteiger partial charge in [0.05, 0.1) is 16.6 Å². The SMILES string of the molecule is CC1(C)CCCC1NC(=O)c1cc(F)cc([N+](=O)[O-])c1F. The van der Waals surface area contributed by atoms with Gasteiger partial charge in [-0.3, -0.25) is 14.9 Å². The molecule has 0 saturated heterocycles. The van der Waals surface area contributed by atoms with Crippen molar-refractivity contribution in [3.8, 4) is 0 Å². The molecule has 1 fully saturated rings. The van der Waals surface area contributed by atoms with Crippen LogP contribution >= 0.6 is 0 Å². The molecule has 1 aromatic carbocycles. The number of carbonyl (C=O) groups is 1. The molecule has 114 valence electrons. The number of halogens is 2. The Morgan fingerprint density at radius 2 is 2.10 bits per heavy atom. The van der Waals surface area contributed by atoms with Gasteiger partial charge in [-0.25, -0.2) is 4.39 Å². The summed E-state index contributed by atoms with van der Waals surface area (Å²) in [5, 5.41) is 13.3. The normalized spacial score (nSPS) is 20.3. The van der Waals surface area contributed by atoms with E-state index in [-0.39, 0.29) is 11.5 Å². The number of benzene rings is 1. The van der Waals surface area contributed by atoms with E-state index >= 15 is 0 Å². The molecule has 0 bridgehead atoms. The highest BCUT2D eigenvalue weighted by molar-refractivity contribution is 5.95. The van der Waals surface area contributed by atoms with Gasteiger partial charge in [-0.15, -0.1) is 0 Å². The number of rotatable bonds is 3. The maximum absolute atomic E-state index is 14.0. The lowest BCUT2D eigenvalue weighted by molar-refractivity contribution is -0.387. The van der Waals surface area contributed by atoms with Crippen LogP contribution in [0.25, 0.3) is 0 Å². The van der Waals surface area contributed by atoms with Crippen LogP contribution < -0.4 is 5.32 Å². The maximum atomic E-state index is 14.0. The number of nitro benzene ring substituents is 1. The molecule has 1 atom stereocenters. The molecule has 1 aliphatic carbocycles. The minimum atomic E-state index is -1.31. The zero-order valence-corrected chi connectivity index (χ0v) is 11.8. The van der Waals surface area contributed by atoms with Gasteiger partial charge in [-0.1, -0.05) is 20.3 Å². The molecule has 2 rings (SSSR count). The summed E-state index contributed by atoms with van der Waals surface area (Å²) in [5.74, 6) is -3.15. The van der Waals surface area contributed by atoms with Crippen molar-refractivity contribution in [1.82, 2.24) is 5.32 Å². The van der Waals surface area contributed by atoms with Crippen molar-refractivity contribution in [1.29, 1.82) is 0 Å². The lowest BCUT2D eigenvalue weighted by Crippen LogP contribution is -2.41. The number of nitrogens with one attached hydrogen (secondary N) is 1. The smallest absolute Gasteiger partial charge is 0.308 e. The van der Waals surface area contributed by atoms with Gasteiger partial charge in [0.2, 0.25) is 5.82 Å². The van der Waals surface area contributed by atoms with Gasteiger partial charge >= 0.3 is 5.69 Å². The van der Waals surface area contributed by atoms with Crippen LogP contribution in [0.5, 0.6) is 0 Å². The standard InChI is InChI=1S/C14H16F2N2O3/c1-14(2)5-3-4-11(14)17-13(19)9-6-8(15)7-10(12(9)16)18(20)21/h6-7,11H,3-5H2,1-2H3,(H,17,19). The van der Waals surface area contributed by atoms with Crippen molar-refractivity contribution in [2.75, 3.05) is 0 Å². The lowest BCUT2D eigenvalue weighted by atomic mass is 9.87. The zero-order chi connectivity index (χ0) is 15.8. The molecule has 1 aliphatic rings. The average Bonchev–Trinajstić information content (AvgIpc) is 2.70. The molecule has 0 aliphatic heterocycles. The minimum Gasteiger partial charge on any atom is -0.349 e. The highest BCUT2D eigenvalue weighted by Gasteiger charge is 2.36. The van der Waals surface area contributed by atoms with E-state index in [1.165, 1.54) is 0 Å². The maximum Gasteiger partial charge on any atom is 0.308 e. The third-order valence-corrected chi connectivity index (χ3v) is 4.02. The molecule has 0 spiro atoms. The summed E-state index contributed by atoms with van der Waals surface area (Å²) >= 11 is 0. The van der Waals surface area contributed by atoms with Crippen molar-refractivity contribution in [2.24, 2.45) is 5.41 Å². The van der Waals surface area contributed by atoms with E-state index in [0.717, 1.165) is 19.3 Å². The Balaban J connectivity index is 2.29. The topological polar surface area (TPSA) is 72.2 Å². The average molecular weight is 298 g/mol. The molecule has 0 aromatic heterocycles. The van der Waals surface area contributed by atoms with Gasteiger partial charge in [0.1, 0.15) is 5.82 Å². The molecule has 0 heterocycles. The highest BCUT2D eigenvalue weighted by atomic mass is 19.1. The fraction of sp³-hybridized carbons (Fsp3) is 0.500. The Morgan fingerprint density at radius 1 is 1.43 bits per heavy atom. The van der Waals surface area contributed by atoms with Crippen LogP contribution in [-0.2, 0) is 0 Å². The third-order valence-electron chi connectivity index (χ3n) is 4.02. The van der Waals surface area contributed by atoms with Gasteiger partial charge in [0, 0.05) is 6.04 Å². The second kappa shape index (κ2) is 5.38. The van der Waals surface area contributed by atoms with Crippen LogP contribution in [0.1, 0.15) is 43.5 Å². The van der Waals surface area contributed by atoms with E-state index in [1.807, 2.05) is 13.8 Å². The largest absolute Gasteiger partial charge is 0.349 e. The number of nitro groups is 1. The molecule has 1 saturated carbocycles. The second-order valence-electron chi connectivity index (χ2n) is 5.95. The highest BCUT2D eigenvalue weighted by Crippen LogP contribution is 2.37. The van der Waals surface area contributed by atoms with Gasteiger partial charge in [0.15, 0.2) is 0 Å². The van der Waals surface area contributed by atoms with Crippen LogP contribution in [0.15, 0.2) is 12.1 Å². The summed E-state index contributed by atoms with van der Waals surface area (Å²) in [4.78, 5) is 21.7. The summed E-state index contributed by atoms with van der Waals surface area (Å²) < 4.78 is 27.3. The Hall–Kier alpha value is -2.05. The number of hydrogen-bond donors (Lipinski definition) is 1. The first-order chi connectivity index (χ1) is 9.72. The van der Waals surface area contributed by atoms with Crippen molar-refractivity contribution < 1.29 is 18.5 Å². The van der Waals surface area contributed by atoms with Gasteiger partial charge in [-0.2, -0.15) is 4.39 Å². The van der Waals surface area contributed by atoms with E-state index < -0.39 is 33.7 Å². The van der Waals surface area contributed by atoms with E-state index in [2.05, 4.69) is 5.32 Å². The predicted molar refractivity (Wildman–Crippen MR) is 71.9 cm³/mol. The third kappa shape index (κ3) is 3.01. The van der Waals surface area contributed by atoms with Gasteiger partial charge in [0.25, 0.3) is 5.91 Å². The van der Waals surface area contributed by atoms with Crippen LogP contribution in [-0.4, -0.2) is 16.9 Å². The summed E-state index contributed by atoms with van der Waals surface area (Å²) in [7, 11) is 0. The monoisotopic (exact) mass is 298 g/mol. The van der Waals surface area contributed by atoms with Crippen molar-refractivity contribution in [3.05, 3.63) is 39.4 Å². The van der Waals surface area contributed by atoms with E-state index in [0.29, 0.717) is 12.1 Å². The summed E-state index contributed by atoms with van der Waals surface area (Å²) in [6.45, 7) is 3.96. The number of amides is 1. The minimum absolute atomic E-state index is 0.134. The number of carbonyl (C=O) groups excluding carboxylic acids is 1. The summed E-state index contributed by atoms with van der Waals surface area (Å²) in [6.07, 6.45) is 2.60. The predicted octanol–water partition coefficient (Wildman–Crippen LogP) is 3.18. The molecule has 0 radical (unpaired) electrons. The molecule has 21 heavy (non-hydrogen) atoms. The fourth-order valence-electron chi connectivity index (χ4n) is 2.70. The molecule has 1 unspecified atom stereocenters. The molecule has 1 amide bonds. The van der Waals surface area contributed by atoms with Gasteiger partial charge < -0.3 is 5.32 Å². The quantitative estimate of drug-likeness (QED) is 0.688. The Labute approximate surface area is 120 Å². The van der Waals surface area contributed by atoms with Crippen molar-refractivity contribution in [2.45, 2.75) is 39.2 Å². The first-order valence-corrected chi connectivity index (χ1v) is 6.66. The molecule has 1 N–H and O–H groups in total. The van der Waals surface area contributed by atoms with Crippen LogP contribution in [0.4, 0.5) is 14.5 Å². The lowest BCUT2D eigenvalue weighted by Gasteiger charge is -2.27. The van der Waals surface area contributed by atoms with Crippen LogP contribution in [0.2, 0.25) is 0 Å². The van der Waals surface area contributed by atoms with Crippen molar-refractivity contribution in [3.63, 3.8) is 0 Å². The second-order valence-corrected chi connectivity index (χ2v) is 5.95. The Kier molecular flexibility index (Phi) is 3.93. The molecule has 1 aromatic rings. The van der Waals surface area contributed by atoms with E-state index in [4.69, 9.17) is 0 Å². The Bertz CT molecular complexity index is 602. The molecule has 5 nitrogen and oxygen atoms in total. The Morgan fingerprint density at radius 3 is 2.62 bits per heavy atom. The first-order valence-electron chi connectivity index (χ1n) is 6.66. The molecular weight excluding hydrogens is 282 g/mol. The zero-order valence-electron chi connectivity index (χ0n) is 11.8. The van der Waals surface area contributed by atoms with Crippen LogP contribution in [0.3, 0.4) is 0 Å². The van der Waals surface area contributed by atoms with Gasteiger partial charge in [-0.05, 0) is 24.3 Å². The number of nitrogens with zero attached hydrogens (tertiary/aromatic N) is 1. The summed E-state index contributed by atoms with van der Waals surface area (Å²) in [6, 6.07) is 0.984. The molecular formula is C14H16F2N2O3. The van der Waals surface area contributed by atoms with E-state index in [1.54, 1.807) is 0 Å². The fourth-order valence-corrected chi connectivity index (χ4v) is 2.70.